The summed E-state index contributed by atoms with van der Waals surface area (Å²) < 4.78 is 0. The predicted molar refractivity (Wildman–Crippen MR) is 85.2 cm³/mol. The molecule has 0 aliphatic carbocycles. The first-order valence-corrected chi connectivity index (χ1v) is 6.96. The van der Waals surface area contributed by atoms with Gasteiger partial charge in [-0.05, 0) is 42.5 Å². The van der Waals surface area contributed by atoms with Gasteiger partial charge in [-0.25, -0.2) is 0 Å². The van der Waals surface area contributed by atoms with Crippen molar-refractivity contribution in [3.63, 3.8) is 0 Å². The predicted octanol–water partition coefficient (Wildman–Crippen LogP) is 4.18. The van der Waals surface area contributed by atoms with Gasteiger partial charge in [-0.1, -0.05) is 23.2 Å². The first kappa shape index (κ1) is 15.4. The molecule has 0 fully saturated rings. The molecule has 2 rings (SSSR count). The fraction of sp³-hybridized carbons (Fsp3) is 0.125. The highest BCUT2D eigenvalue weighted by Gasteiger charge is 2.14. The van der Waals surface area contributed by atoms with E-state index in [1.165, 1.54) is 0 Å². The molecule has 0 amide bonds. The standard InChI is InChI=1S/C16H12Cl2N2O/c1-20(13-5-2-11(9-19)3-6-13)10-16(21)14-8-12(17)4-7-15(14)18/h2-8H,10H2,1H3. The molecule has 0 heterocycles. The Morgan fingerprint density at radius 2 is 1.86 bits per heavy atom. The van der Waals surface area contributed by atoms with Gasteiger partial charge in [0, 0.05) is 23.3 Å². The van der Waals surface area contributed by atoms with Crippen molar-refractivity contribution in [3.8, 4) is 6.07 Å². The van der Waals surface area contributed by atoms with Crippen LogP contribution in [-0.2, 0) is 0 Å². The Hall–Kier alpha value is -2.02. The normalized spacial score (nSPS) is 10.0. The zero-order valence-corrected chi connectivity index (χ0v) is 12.8. The van der Waals surface area contributed by atoms with E-state index in [4.69, 9.17) is 28.5 Å². The smallest absolute Gasteiger partial charge is 0.183 e. The van der Waals surface area contributed by atoms with Gasteiger partial charge in [0.1, 0.15) is 0 Å². The van der Waals surface area contributed by atoms with Crippen molar-refractivity contribution in [2.45, 2.75) is 0 Å². The SMILES string of the molecule is CN(CC(=O)c1cc(Cl)ccc1Cl)c1ccc(C#N)cc1. The molecule has 0 aromatic heterocycles. The Bertz CT molecular complexity index is 705. The molecule has 2 aromatic rings. The number of carbonyl (C=O) groups is 1. The van der Waals surface area contributed by atoms with Crippen LogP contribution >= 0.6 is 23.2 Å². The number of benzene rings is 2. The molecule has 21 heavy (non-hydrogen) atoms. The Morgan fingerprint density at radius 1 is 1.19 bits per heavy atom. The third-order valence-corrected chi connectivity index (χ3v) is 3.61. The lowest BCUT2D eigenvalue weighted by Crippen LogP contribution is -2.25. The van der Waals surface area contributed by atoms with Crippen molar-refractivity contribution in [1.29, 1.82) is 5.26 Å². The van der Waals surface area contributed by atoms with E-state index in [1.807, 2.05) is 0 Å². The van der Waals surface area contributed by atoms with Gasteiger partial charge in [0.2, 0.25) is 0 Å². The summed E-state index contributed by atoms with van der Waals surface area (Å²) in [4.78, 5) is 14.1. The number of ketones is 1. The summed E-state index contributed by atoms with van der Waals surface area (Å²) in [5, 5.41) is 9.64. The van der Waals surface area contributed by atoms with Crippen LogP contribution in [-0.4, -0.2) is 19.4 Å². The molecule has 0 radical (unpaired) electrons. The third kappa shape index (κ3) is 3.75. The lowest BCUT2D eigenvalue weighted by molar-refractivity contribution is 0.100. The minimum absolute atomic E-state index is 0.116. The molecule has 0 N–H and O–H groups in total. The molecule has 0 aliphatic rings. The average molecular weight is 319 g/mol. The Labute approximate surface area is 133 Å². The first-order valence-electron chi connectivity index (χ1n) is 6.21. The van der Waals surface area contributed by atoms with Gasteiger partial charge in [-0.2, -0.15) is 5.26 Å². The van der Waals surface area contributed by atoms with E-state index in [0.29, 0.717) is 21.2 Å². The van der Waals surface area contributed by atoms with E-state index in [2.05, 4.69) is 6.07 Å². The molecule has 0 spiro atoms. The lowest BCUT2D eigenvalue weighted by Gasteiger charge is -2.18. The van der Waals surface area contributed by atoms with Crippen LogP contribution in [0.3, 0.4) is 0 Å². The van der Waals surface area contributed by atoms with Crippen LogP contribution in [0.25, 0.3) is 0 Å². The van der Waals surface area contributed by atoms with Crippen LogP contribution in [0.15, 0.2) is 42.5 Å². The van der Waals surface area contributed by atoms with Crippen LogP contribution in [0.1, 0.15) is 15.9 Å². The van der Waals surface area contributed by atoms with E-state index in [9.17, 15) is 4.79 Å². The Balaban J connectivity index is 2.14. The number of hydrogen-bond acceptors (Lipinski definition) is 3. The van der Waals surface area contributed by atoms with Gasteiger partial charge in [0.15, 0.2) is 5.78 Å². The summed E-state index contributed by atoms with van der Waals surface area (Å²) in [6.07, 6.45) is 0. The Kier molecular flexibility index (Phi) is 4.85. The average Bonchev–Trinajstić information content (AvgIpc) is 2.49. The number of Topliss-reactive ketones (excluding diaryl/α,β-unsaturated/α-hetero) is 1. The second-order valence-electron chi connectivity index (χ2n) is 4.56. The van der Waals surface area contributed by atoms with Gasteiger partial charge in [0.05, 0.1) is 23.2 Å². The largest absolute Gasteiger partial charge is 0.367 e. The summed E-state index contributed by atoms with van der Waals surface area (Å²) in [7, 11) is 1.80. The molecule has 0 aliphatic heterocycles. The fourth-order valence-electron chi connectivity index (χ4n) is 1.89. The van der Waals surface area contributed by atoms with Crippen LogP contribution < -0.4 is 4.90 Å². The quantitative estimate of drug-likeness (QED) is 0.794. The molecule has 106 valence electrons. The minimum Gasteiger partial charge on any atom is -0.367 e. The van der Waals surface area contributed by atoms with Crippen LogP contribution in [0.4, 0.5) is 5.69 Å². The molecule has 5 heteroatoms. The molecular formula is C16H12Cl2N2O. The van der Waals surface area contributed by atoms with Crippen LogP contribution in [0, 0.1) is 11.3 Å². The molecule has 0 bridgehead atoms. The number of rotatable bonds is 4. The number of hydrogen-bond donors (Lipinski definition) is 0. The highest BCUT2D eigenvalue weighted by atomic mass is 35.5. The molecule has 2 aromatic carbocycles. The maximum absolute atomic E-state index is 12.3. The monoisotopic (exact) mass is 318 g/mol. The molecule has 0 saturated carbocycles. The van der Waals surface area contributed by atoms with E-state index in [-0.39, 0.29) is 12.3 Å². The Morgan fingerprint density at radius 3 is 2.48 bits per heavy atom. The number of halogens is 2. The molecule has 0 atom stereocenters. The van der Waals surface area contributed by atoms with E-state index < -0.39 is 0 Å². The third-order valence-electron chi connectivity index (χ3n) is 3.05. The van der Waals surface area contributed by atoms with Crippen molar-refractivity contribution in [3.05, 3.63) is 63.6 Å². The molecule has 3 nitrogen and oxygen atoms in total. The number of nitriles is 1. The number of nitrogens with zero attached hydrogens (tertiary/aromatic N) is 2. The second kappa shape index (κ2) is 6.62. The zero-order chi connectivity index (χ0) is 15.4. The molecule has 0 unspecified atom stereocenters. The van der Waals surface area contributed by atoms with E-state index in [1.54, 1.807) is 54.4 Å². The molecule has 0 saturated heterocycles. The van der Waals surface area contributed by atoms with Crippen LogP contribution in [0.5, 0.6) is 0 Å². The van der Waals surface area contributed by atoms with Gasteiger partial charge in [-0.15, -0.1) is 0 Å². The van der Waals surface area contributed by atoms with Gasteiger partial charge in [0.25, 0.3) is 0 Å². The van der Waals surface area contributed by atoms with Gasteiger partial charge < -0.3 is 4.90 Å². The highest BCUT2D eigenvalue weighted by molar-refractivity contribution is 6.36. The first-order chi connectivity index (χ1) is 10.0. The topological polar surface area (TPSA) is 44.1 Å². The zero-order valence-electron chi connectivity index (χ0n) is 11.3. The van der Waals surface area contributed by atoms with Crippen LogP contribution in [0.2, 0.25) is 10.0 Å². The van der Waals surface area contributed by atoms with Crippen molar-refractivity contribution in [1.82, 2.24) is 0 Å². The minimum atomic E-state index is -0.116. The van der Waals surface area contributed by atoms with Crippen molar-refractivity contribution >= 4 is 34.7 Å². The maximum Gasteiger partial charge on any atom is 0.183 e. The second-order valence-corrected chi connectivity index (χ2v) is 5.41. The van der Waals surface area contributed by atoms with Crippen molar-refractivity contribution < 1.29 is 4.79 Å². The highest BCUT2D eigenvalue weighted by Crippen LogP contribution is 2.22. The fourth-order valence-corrected chi connectivity index (χ4v) is 2.29. The van der Waals surface area contributed by atoms with E-state index in [0.717, 1.165) is 5.69 Å². The van der Waals surface area contributed by atoms with E-state index >= 15 is 0 Å². The van der Waals surface area contributed by atoms with Crippen molar-refractivity contribution in [2.75, 3.05) is 18.5 Å². The lowest BCUT2D eigenvalue weighted by atomic mass is 10.1. The maximum atomic E-state index is 12.3. The summed E-state index contributed by atoms with van der Waals surface area (Å²) >= 11 is 11.9. The van der Waals surface area contributed by atoms with Gasteiger partial charge in [-0.3, -0.25) is 4.79 Å². The summed E-state index contributed by atoms with van der Waals surface area (Å²) in [5.41, 5.74) is 1.83. The van der Waals surface area contributed by atoms with Crippen molar-refractivity contribution in [2.24, 2.45) is 0 Å². The van der Waals surface area contributed by atoms with Gasteiger partial charge >= 0.3 is 0 Å². The summed E-state index contributed by atoms with van der Waals surface area (Å²) in [6.45, 7) is 0.173. The number of anilines is 1. The number of likely N-dealkylation sites (N-methyl/N-ethyl adjacent to an activating group) is 1. The molecular weight excluding hydrogens is 307 g/mol. The number of carbonyl (C=O) groups excluding carboxylic acids is 1. The summed E-state index contributed by atoms with van der Waals surface area (Å²) in [5.74, 6) is -0.116. The summed E-state index contributed by atoms with van der Waals surface area (Å²) in [6, 6.07) is 13.9.